The molecule has 2 aromatic heterocycles. The molecule has 0 radical (unpaired) electrons. The third-order valence-electron chi connectivity index (χ3n) is 3.10. The van der Waals surface area contributed by atoms with Crippen LogP contribution in [0.3, 0.4) is 0 Å². The number of nitrogens with one attached hydrogen (secondary N) is 1. The lowest BCUT2D eigenvalue weighted by atomic mass is 10.00. The SMILES string of the molecule is Cc1ccccc1-c1c(N)n[nH]c1-c1cc(Br)c(Br)s1. The lowest BCUT2D eigenvalue weighted by Gasteiger charge is -2.06. The van der Waals surface area contributed by atoms with Crippen LogP contribution in [-0.2, 0) is 0 Å². The van der Waals surface area contributed by atoms with Crippen LogP contribution in [0.5, 0.6) is 0 Å². The van der Waals surface area contributed by atoms with Gasteiger partial charge in [-0.1, -0.05) is 24.3 Å². The Balaban J connectivity index is 2.23. The molecule has 1 aromatic carbocycles. The maximum atomic E-state index is 6.06. The van der Waals surface area contributed by atoms with Crippen molar-refractivity contribution in [3.05, 3.63) is 44.2 Å². The summed E-state index contributed by atoms with van der Waals surface area (Å²) in [5.41, 5.74) is 10.3. The van der Waals surface area contributed by atoms with Crippen LogP contribution in [0.25, 0.3) is 21.7 Å². The molecule has 0 aliphatic rings. The molecule has 2 heterocycles. The summed E-state index contributed by atoms with van der Waals surface area (Å²) in [4.78, 5) is 1.09. The molecule has 0 atom stereocenters. The maximum absolute atomic E-state index is 6.06. The van der Waals surface area contributed by atoms with Crippen molar-refractivity contribution in [1.82, 2.24) is 10.2 Å². The number of halogens is 2. The number of aromatic nitrogens is 2. The van der Waals surface area contributed by atoms with E-state index in [-0.39, 0.29) is 0 Å². The van der Waals surface area contributed by atoms with Crippen molar-refractivity contribution in [1.29, 1.82) is 0 Å². The molecule has 0 aliphatic heterocycles. The third kappa shape index (κ3) is 2.32. The Morgan fingerprint density at radius 2 is 2.00 bits per heavy atom. The van der Waals surface area contributed by atoms with E-state index in [1.807, 2.05) is 12.1 Å². The monoisotopic (exact) mass is 411 g/mol. The van der Waals surface area contributed by atoms with Crippen molar-refractivity contribution in [2.75, 3.05) is 5.73 Å². The molecule has 0 spiro atoms. The number of nitrogens with two attached hydrogens (primary N) is 1. The lowest BCUT2D eigenvalue weighted by molar-refractivity contribution is 1.11. The van der Waals surface area contributed by atoms with Crippen molar-refractivity contribution in [2.24, 2.45) is 0 Å². The number of H-pyrrole nitrogens is 1. The Morgan fingerprint density at radius 3 is 2.65 bits per heavy atom. The maximum Gasteiger partial charge on any atom is 0.153 e. The minimum Gasteiger partial charge on any atom is -0.382 e. The first-order valence-electron chi connectivity index (χ1n) is 5.93. The Labute approximate surface area is 137 Å². The molecule has 20 heavy (non-hydrogen) atoms. The quantitative estimate of drug-likeness (QED) is 0.606. The average Bonchev–Trinajstić information content (AvgIpc) is 2.94. The number of hydrogen-bond acceptors (Lipinski definition) is 3. The summed E-state index contributed by atoms with van der Waals surface area (Å²) < 4.78 is 2.08. The van der Waals surface area contributed by atoms with Gasteiger partial charge in [-0.05, 0) is 56.0 Å². The second-order valence-electron chi connectivity index (χ2n) is 4.41. The summed E-state index contributed by atoms with van der Waals surface area (Å²) in [6, 6.07) is 10.2. The van der Waals surface area contributed by atoms with Gasteiger partial charge in [-0.25, -0.2) is 0 Å². The minimum atomic E-state index is 0.523. The summed E-state index contributed by atoms with van der Waals surface area (Å²) in [7, 11) is 0. The summed E-state index contributed by atoms with van der Waals surface area (Å²) in [6.07, 6.45) is 0. The van der Waals surface area contributed by atoms with Gasteiger partial charge in [-0.3, -0.25) is 5.10 Å². The van der Waals surface area contributed by atoms with Crippen LogP contribution >= 0.6 is 43.2 Å². The van der Waals surface area contributed by atoms with E-state index in [0.717, 1.165) is 30.0 Å². The Bertz CT molecular complexity index is 757. The molecule has 102 valence electrons. The molecule has 0 bridgehead atoms. The van der Waals surface area contributed by atoms with Gasteiger partial charge in [0.1, 0.15) is 0 Å². The van der Waals surface area contributed by atoms with E-state index in [1.165, 1.54) is 5.56 Å². The number of benzene rings is 1. The Hall–Kier alpha value is -1.11. The van der Waals surface area contributed by atoms with Crippen molar-refractivity contribution >= 4 is 49.0 Å². The van der Waals surface area contributed by atoms with Gasteiger partial charge in [0.15, 0.2) is 5.82 Å². The standard InChI is InChI=1S/C14H11Br2N3S/c1-7-4-2-3-5-8(7)11-12(18-19-14(11)17)10-6-9(15)13(16)20-10/h2-6H,1H3,(H3,17,18,19). The number of aryl methyl sites for hydroxylation is 1. The van der Waals surface area contributed by atoms with Gasteiger partial charge in [0.2, 0.25) is 0 Å². The largest absolute Gasteiger partial charge is 0.382 e. The number of nitrogen functional groups attached to an aromatic ring is 1. The Kier molecular flexibility index (Phi) is 3.70. The predicted molar refractivity (Wildman–Crippen MR) is 91.9 cm³/mol. The highest BCUT2D eigenvalue weighted by molar-refractivity contribution is 9.13. The molecular weight excluding hydrogens is 402 g/mol. The van der Waals surface area contributed by atoms with E-state index >= 15 is 0 Å². The average molecular weight is 413 g/mol. The molecule has 0 saturated heterocycles. The van der Waals surface area contributed by atoms with Crippen LogP contribution in [0.1, 0.15) is 5.56 Å². The molecule has 3 N–H and O–H groups in total. The second-order valence-corrected chi connectivity index (χ2v) is 7.63. The summed E-state index contributed by atoms with van der Waals surface area (Å²) in [5, 5.41) is 7.23. The summed E-state index contributed by atoms with van der Waals surface area (Å²) in [6.45, 7) is 2.08. The number of anilines is 1. The molecular formula is C14H11Br2N3S. The first-order valence-corrected chi connectivity index (χ1v) is 8.33. The van der Waals surface area contributed by atoms with Crippen molar-refractivity contribution in [3.63, 3.8) is 0 Å². The lowest BCUT2D eigenvalue weighted by Crippen LogP contribution is -1.90. The first-order chi connectivity index (χ1) is 9.58. The molecule has 3 aromatic rings. The van der Waals surface area contributed by atoms with E-state index in [0.29, 0.717) is 5.82 Å². The zero-order chi connectivity index (χ0) is 14.3. The normalized spacial score (nSPS) is 10.9. The predicted octanol–water partition coefficient (Wildman–Crippen LogP) is 5.22. The molecule has 6 heteroatoms. The van der Waals surface area contributed by atoms with E-state index in [2.05, 4.69) is 67.2 Å². The van der Waals surface area contributed by atoms with Crippen LogP contribution in [0, 0.1) is 6.92 Å². The fourth-order valence-electron chi connectivity index (χ4n) is 2.13. The zero-order valence-corrected chi connectivity index (χ0v) is 14.6. The Morgan fingerprint density at radius 1 is 1.25 bits per heavy atom. The number of nitrogens with zero attached hydrogens (tertiary/aromatic N) is 1. The molecule has 0 unspecified atom stereocenters. The van der Waals surface area contributed by atoms with Gasteiger partial charge in [0.05, 0.1) is 19.9 Å². The van der Waals surface area contributed by atoms with Crippen molar-refractivity contribution < 1.29 is 0 Å². The summed E-state index contributed by atoms with van der Waals surface area (Å²) >= 11 is 8.67. The smallest absolute Gasteiger partial charge is 0.153 e. The van der Waals surface area contributed by atoms with Gasteiger partial charge < -0.3 is 5.73 Å². The fraction of sp³-hybridized carbons (Fsp3) is 0.0714. The molecule has 0 amide bonds. The van der Waals surface area contributed by atoms with E-state index in [4.69, 9.17) is 5.73 Å². The van der Waals surface area contributed by atoms with Gasteiger partial charge in [-0.15, -0.1) is 11.3 Å². The highest BCUT2D eigenvalue weighted by Crippen LogP contribution is 2.43. The van der Waals surface area contributed by atoms with Crippen LogP contribution in [-0.4, -0.2) is 10.2 Å². The topological polar surface area (TPSA) is 54.7 Å². The third-order valence-corrected chi connectivity index (χ3v) is 6.37. The van der Waals surface area contributed by atoms with Crippen LogP contribution in [0.2, 0.25) is 0 Å². The second kappa shape index (κ2) is 5.35. The molecule has 3 rings (SSSR count). The minimum absolute atomic E-state index is 0.523. The number of hydrogen-bond donors (Lipinski definition) is 2. The van der Waals surface area contributed by atoms with Crippen LogP contribution in [0.15, 0.2) is 38.6 Å². The van der Waals surface area contributed by atoms with E-state index < -0.39 is 0 Å². The van der Waals surface area contributed by atoms with Gasteiger partial charge in [-0.2, -0.15) is 5.10 Å². The highest BCUT2D eigenvalue weighted by Gasteiger charge is 2.18. The van der Waals surface area contributed by atoms with Crippen LogP contribution < -0.4 is 5.73 Å². The molecule has 0 saturated carbocycles. The number of aromatic amines is 1. The zero-order valence-electron chi connectivity index (χ0n) is 10.6. The fourth-order valence-corrected chi connectivity index (χ4v) is 4.17. The number of rotatable bonds is 2. The van der Waals surface area contributed by atoms with Crippen molar-refractivity contribution in [2.45, 2.75) is 6.92 Å². The van der Waals surface area contributed by atoms with E-state index in [9.17, 15) is 0 Å². The molecule has 3 nitrogen and oxygen atoms in total. The van der Waals surface area contributed by atoms with Crippen molar-refractivity contribution in [3.8, 4) is 21.7 Å². The summed E-state index contributed by atoms with van der Waals surface area (Å²) in [5.74, 6) is 0.523. The van der Waals surface area contributed by atoms with Gasteiger partial charge in [0.25, 0.3) is 0 Å². The van der Waals surface area contributed by atoms with Gasteiger partial charge in [0, 0.05) is 4.47 Å². The van der Waals surface area contributed by atoms with E-state index in [1.54, 1.807) is 11.3 Å². The number of thiophene rings is 1. The molecule has 0 fully saturated rings. The molecule has 0 aliphatic carbocycles. The van der Waals surface area contributed by atoms with Gasteiger partial charge >= 0.3 is 0 Å². The highest BCUT2D eigenvalue weighted by atomic mass is 79.9. The first kappa shape index (κ1) is 13.9. The van der Waals surface area contributed by atoms with Crippen LogP contribution in [0.4, 0.5) is 5.82 Å².